The van der Waals surface area contributed by atoms with Gasteiger partial charge in [-0.05, 0) is 55.7 Å². The van der Waals surface area contributed by atoms with Crippen LogP contribution >= 0.6 is 11.3 Å². The number of hydrogen-bond acceptors (Lipinski definition) is 7. The van der Waals surface area contributed by atoms with Crippen LogP contribution in [0.4, 0.5) is 0 Å². The molecule has 3 aromatic rings. The van der Waals surface area contributed by atoms with Crippen LogP contribution in [0.1, 0.15) is 40.0 Å². The average molecular weight is 549 g/mol. The molecule has 0 saturated carbocycles. The maximum absolute atomic E-state index is 13.2. The van der Waals surface area contributed by atoms with E-state index in [0.29, 0.717) is 49.9 Å². The molecule has 9 nitrogen and oxygen atoms in total. The summed E-state index contributed by atoms with van der Waals surface area (Å²) in [6, 6.07) is 14.7. The Hall–Kier alpha value is -3.76. The Balaban J connectivity index is 1.40. The van der Waals surface area contributed by atoms with Crippen molar-refractivity contribution >= 4 is 29.1 Å². The molecule has 2 aliphatic rings. The van der Waals surface area contributed by atoms with Crippen molar-refractivity contribution < 1.29 is 23.9 Å². The van der Waals surface area contributed by atoms with Crippen LogP contribution in [0.15, 0.2) is 53.9 Å². The number of ether oxygens (including phenoxy) is 2. The Bertz CT molecular complexity index is 1360. The molecule has 1 N–H and O–H groups in total. The molecule has 39 heavy (non-hydrogen) atoms. The fourth-order valence-corrected chi connectivity index (χ4v) is 5.51. The van der Waals surface area contributed by atoms with Gasteiger partial charge < -0.3 is 24.6 Å². The normalized spacial score (nSPS) is 20.5. The molecule has 1 fully saturated rings. The zero-order chi connectivity index (χ0) is 27.4. The van der Waals surface area contributed by atoms with Crippen molar-refractivity contribution in [2.75, 3.05) is 26.2 Å². The Labute approximate surface area is 231 Å². The zero-order valence-electron chi connectivity index (χ0n) is 22.1. The van der Waals surface area contributed by atoms with Gasteiger partial charge in [-0.3, -0.25) is 14.4 Å². The van der Waals surface area contributed by atoms with Gasteiger partial charge in [0.05, 0.1) is 36.7 Å². The highest BCUT2D eigenvalue weighted by Gasteiger charge is 2.34. The van der Waals surface area contributed by atoms with Crippen LogP contribution < -0.4 is 10.1 Å². The molecular formula is C29H32N4O5S. The van der Waals surface area contributed by atoms with Crippen molar-refractivity contribution in [3.8, 4) is 11.5 Å². The van der Waals surface area contributed by atoms with Crippen LogP contribution in [0, 0.1) is 6.92 Å². The van der Waals surface area contributed by atoms with Crippen molar-refractivity contribution in [3.05, 3.63) is 75.7 Å². The lowest BCUT2D eigenvalue weighted by atomic mass is 10.0. The van der Waals surface area contributed by atoms with Gasteiger partial charge in [-0.2, -0.15) is 0 Å². The van der Waals surface area contributed by atoms with Crippen molar-refractivity contribution in [1.29, 1.82) is 0 Å². The van der Waals surface area contributed by atoms with Gasteiger partial charge in [0.1, 0.15) is 17.2 Å². The van der Waals surface area contributed by atoms with Gasteiger partial charge >= 0.3 is 0 Å². The summed E-state index contributed by atoms with van der Waals surface area (Å²) >= 11 is 1.43. The van der Waals surface area contributed by atoms with E-state index in [2.05, 4.69) is 10.3 Å². The first-order valence-electron chi connectivity index (χ1n) is 13.1. The summed E-state index contributed by atoms with van der Waals surface area (Å²) in [7, 11) is 0. The first-order valence-corrected chi connectivity index (χ1v) is 14.0. The minimum Gasteiger partial charge on any atom is -0.457 e. The number of carbonyl (C=O) groups is 3. The minimum atomic E-state index is -0.436. The van der Waals surface area contributed by atoms with E-state index < -0.39 is 6.04 Å². The average Bonchev–Trinajstić information content (AvgIpc) is 3.36. The molecule has 0 spiro atoms. The van der Waals surface area contributed by atoms with Crippen molar-refractivity contribution in [2.45, 2.75) is 45.4 Å². The SMILES string of the molecule is CCN1CC(=O)N[C@H]2CN(C(=O)c3csc(C)n3)CC[C@@H]2OCc2cccc(c2)Oc2cccc(c2)CC1=O. The molecule has 0 unspecified atom stereocenters. The van der Waals surface area contributed by atoms with Crippen molar-refractivity contribution in [1.82, 2.24) is 20.1 Å². The molecule has 0 radical (unpaired) electrons. The number of fused-ring (bicyclic) bond motifs is 5. The summed E-state index contributed by atoms with van der Waals surface area (Å²) < 4.78 is 12.4. The number of benzene rings is 2. The summed E-state index contributed by atoms with van der Waals surface area (Å²) in [6.07, 6.45) is 0.400. The number of carbonyl (C=O) groups excluding carboxylic acids is 3. The van der Waals surface area contributed by atoms with Crippen LogP contribution in [0.3, 0.4) is 0 Å². The molecule has 1 aromatic heterocycles. The lowest BCUT2D eigenvalue weighted by molar-refractivity contribution is -0.136. The van der Waals surface area contributed by atoms with Gasteiger partial charge in [-0.25, -0.2) is 4.98 Å². The molecule has 0 aliphatic carbocycles. The van der Waals surface area contributed by atoms with Gasteiger partial charge in [-0.15, -0.1) is 11.3 Å². The second kappa shape index (κ2) is 12.0. The Morgan fingerprint density at radius 3 is 2.59 bits per heavy atom. The van der Waals surface area contributed by atoms with Crippen molar-refractivity contribution in [3.63, 3.8) is 0 Å². The van der Waals surface area contributed by atoms with Gasteiger partial charge in [0, 0.05) is 25.0 Å². The Morgan fingerprint density at radius 2 is 1.87 bits per heavy atom. The van der Waals surface area contributed by atoms with Crippen LogP contribution in [-0.2, 0) is 27.4 Å². The minimum absolute atomic E-state index is 0.0747. The smallest absolute Gasteiger partial charge is 0.273 e. The van der Waals surface area contributed by atoms with Crippen LogP contribution in [0.2, 0.25) is 0 Å². The summed E-state index contributed by atoms with van der Waals surface area (Å²) in [5, 5.41) is 5.64. The summed E-state index contributed by atoms with van der Waals surface area (Å²) in [5.41, 5.74) is 2.15. The standard InChI is InChI=1S/C29H32N4O5S/c1-3-32-16-27(34)31-24-15-33(29(36)25-18-39-19(2)30-25)11-10-26(24)37-17-21-7-5-9-23(13-21)38-22-8-4-6-20(12-22)14-28(32)35/h4-9,12-13,18,24,26H,3,10-11,14-17H2,1-2H3,(H,31,34)/t24-,26-/m0/s1. The maximum atomic E-state index is 13.2. The summed E-state index contributed by atoms with van der Waals surface area (Å²) in [6.45, 7) is 5.14. The third-order valence-corrected chi connectivity index (χ3v) is 7.72. The van der Waals surface area contributed by atoms with E-state index in [4.69, 9.17) is 9.47 Å². The third-order valence-electron chi connectivity index (χ3n) is 6.94. The number of nitrogens with zero attached hydrogens (tertiary/aromatic N) is 3. The number of aromatic nitrogens is 1. The third kappa shape index (κ3) is 6.63. The lowest BCUT2D eigenvalue weighted by Crippen LogP contribution is -2.58. The highest BCUT2D eigenvalue weighted by molar-refractivity contribution is 7.09. The van der Waals surface area contributed by atoms with Gasteiger partial charge in [-0.1, -0.05) is 24.3 Å². The number of amides is 3. The predicted octanol–water partition coefficient (Wildman–Crippen LogP) is 3.56. The van der Waals surface area contributed by atoms with E-state index in [9.17, 15) is 14.4 Å². The molecule has 3 amide bonds. The first-order chi connectivity index (χ1) is 18.9. The number of nitrogens with one attached hydrogen (secondary N) is 1. The number of piperidine rings is 1. The summed E-state index contributed by atoms with van der Waals surface area (Å²) in [5.74, 6) is 0.709. The highest BCUT2D eigenvalue weighted by Crippen LogP contribution is 2.25. The van der Waals surface area contributed by atoms with E-state index in [1.54, 1.807) is 10.3 Å². The first kappa shape index (κ1) is 26.8. The number of likely N-dealkylation sites (tertiary alicyclic amines) is 1. The number of hydrogen-bond donors (Lipinski definition) is 1. The van der Waals surface area contributed by atoms with E-state index in [1.807, 2.05) is 62.4 Å². The topological polar surface area (TPSA) is 101 Å². The summed E-state index contributed by atoms with van der Waals surface area (Å²) in [4.78, 5) is 47.0. The molecule has 2 aromatic carbocycles. The molecule has 5 rings (SSSR count). The molecule has 1 saturated heterocycles. The molecular weight excluding hydrogens is 516 g/mol. The molecule has 4 bridgehead atoms. The Morgan fingerprint density at radius 1 is 1.13 bits per heavy atom. The molecule has 10 heteroatoms. The Kier molecular flexibility index (Phi) is 8.23. The molecule has 2 atom stereocenters. The van der Waals surface area contributed by atoms with E-state index >= 15 is 0 Å². The maximum Gasteiger partial charge on any atom is 0.273 e. The van der Waals surface area contributed by atoms with E-state index in [0.717, 1.165) is 16.1 Å². The second-order valence-electron chi connectivity index (χ2n) is 9.80. The number of aryl methyl sites for hydroxylation is 1. The van der Waals surface area contributed by atoms with Gasteiger partial charge in [0.25, 0.3) is 5.91 Å². The number of rotatable bonds is 2. The van der Waals surface area contributed by atoms with Crippen LogP contribution in [0.5, 0.6) is 11.5 Å². The monoisotopic (exact) mass is 548 g/mol. The number of thiazole rings is 1. The highest BCUT2D eigenvalue weighted by atomic mass is 32.1. The van der Waals surface area contributed by atoms with Crippen LogP contribution in [-0.4, -0.2) is 70.8 Å². The van der Waals surface area contributed by atoms with Crippen molar-refractivity contribution in [2.24, 2.45) is 0 Å². The van der Waals surface area contributed by atoms with E-state index in [1.165, 1.54) is 16.2 Å². The second-order valence-corrected chi connectivity index (χ2v) is 10.9. The lowest BCUT2D eigenvalue weighted by Gasteiger charge is -2.38. The molecule has 3 heterocycles. The predicted molar refractivity (Wildman–Crippen MR) is 147 cm³/mol. The van der Waals surface area contributed by atoms with Gasteiger partial charge in [0.15, 0.2) is 0 Å². The van der Waals surface area contributed by atoms with Gasteiger partial charge in [0.2, 0.25) is 11.8 Å². The zero-order valence-corrected chi connectivity index (χ0v) is 22.9. The van der Waals surface area contributed by atoms with E-state index in [-0.39, 0.29) is 36.8 Å². The fourth-order valence-electron chi connectivity index (χ4n) is 4.92. The van der Waals surface area contributed by atoms with Crippen LogP contribution in [0.25, 0.3) is 0 Å². The quantitative estimate of drug-likeness (QED) is 0.526. The fraction of sp³-hybridized carbons (Fsp3) is 0.379. The largest absolute Gasteiger partial charge is 0.457 e. The number of likely N-dealkylation sites (N-methyl/N-ethyl adjacent to an activating group) is 1. The molecule has 204 valence electrons. The molecule has 2 aliphatic heterocycles.